The monoisotopic (exact) mass is 276 g/mol. The van der Waals surface area contributed by atoms with Crippen molar-refractivity contribution in [2.75, 3.05) is 6.61 Å². The molecule has 1 atom stereocenters. The van der Waals surface area contributed by atoms with Crippen LogP contribution in [-0.2, 0) is 11.3 Å². The molecular formula is C15H20N2O3. The van der Waals surface area contributed by atoms with Crippen LogP contribution in [0.15, 0.2) is 18.2 Å². The quantitative estimate of drug-likeness (QED) is 0.510. The molecule has 0 amide bonds. The van der Waals surface area contributed by atoms with Gasteiger partial charge in [-0.3, -0.25) is 10.1 Å². The van der Waals surface area contributed by atoms with E-state index >= 15 is 0 Å². The SMILES string of the molecule is O=[N+]([O-])c1ccc(C2CO2)c(CNC2CCCCC2)c1. The highest BCUT2D eigenvalue weighted by Crippen LogP contribution is 2.34. The van der Waals surface area contributed by atoms with E-state index in [1.54, 1.807) is 12.1 Å². The average molecular weight is 276 g/mol. The summed E-state index contributed by atoms with van der Waals surface area (Å²) < 4.78 is 5.33. The number of nitrogens with zero attached hydrogens (tertiary/aromatic N) is 1. The summed E-state index contributed by atoms with van der Waals surface area (Å²) in [4.78, 5) is 10.6. The molecule has 1 aliphatic heterocycles. The number of ether oxygens (including phenoxy) is 1. The van der Waals surface area contributed by atoms with Gasteiger partial charge in [-0.1, -0.05) is 19.3 Å². The van der Waals surface area contributed by atoms with E-state index in [1.165, 1.54) is 32.1 Å². The molecule has 2 fully saturated rings. The summed E-state index contributed by atoms with van der Waals surface area (Å²) in [5.74, 6) is 0. The molecular weight excluding hydrogens is 256 g/mol. The van der Waals surface area contributed by atoms with E-state index < -0.39 is 0 Å². The van der Waals surface area contributed by atoms with Gasteiger partial charge in [-0.2, -0.15) is 0 Å². The average Bonchev–Trinajstić information content (AvgIpc) is 3.30. The third kappa shape index (κ3) is 3.16. The zero-order valence-electron chi connectivity index (χ0n) is 11.5. The third-order valence-corrected chi connectivity index (χ3v) is 4.20. The first-order chi connectivity index (χ1) is 9.74. The van der Waals surface area contributed by atoms with Crippen LogP contribution in [0.1, 0.15) is 49.3 Å². The Hall–Kier alpha value is -1.46. The molecule has 1 saturated carbocycles. The van der Waals surface area contributed by atoms with E-state index in [1.807, 2.05) is 6.07 Å². The summed E-state index contributed by atoms with van der Waals surface area (Å²) in [5, 5.41) is 14.5. The Morgan fingerprint density at radius 2 is 2.05 bits per heavy atom. The zero-order chi connectivity index (χ0) is 13.9. The van der Waals surface area contributed by atoms with Crippen LogP contribution in [0.4, 0.5) is 5.69 Å². The van der Waals surface area contributed by atoms with Crippen molar-refractivity contribution in [2.24, 2.45) is 0 Å². The second kappa shape index (κ2) is 5.89. The van der Waals surface area contributed by atoms with Gasteiger partial charge in [-0.05, 0) is 30.0 Å². The number of non-ortho nitro benzene ring substituents is 1. The van der Waals surface area contributed by atoms with E-state index in [4.69, 9.17) is 4.74 Å². The first-order valence-corrected chi connectivity index (χ1v) is 7.36. The lowest BCUT2D eigenvalue weighted by molar-refractivity contribution is -0.384. The Kier molecular flexibility index (Phi) is 3.98. The van der Waals surface area contributed by atoms with Crippen LogP contribution >= 0.6 is 0 Å². The normalized spacial score (nSPS) is 22.7. The van der Waals surface area contributed by atoms with Crippen LogP contribution in [0.3, 0.4) is 0 Å². The van der Waals surface area contributed by atoms with Gasteiger partial charge in [0, 0.05) is 24.7 Å². The first kappa shape index (κ1) is 13.5. The van der Waals surface area contributed by atoms with Gasteiger partial charge in [-0.25, -0.2) is 0 Å². The smallest absolute Gasteiger partial charge is 0.269 e. The molecule has 1 heterocycles. The third-order valence-electron chi connectivity index (χ3n) is 4.20. The molecule has 3 rings (SSSR count). The summed E-state index contributed by atoms with van der Waals surface area (Å²) in [6.45, 7) is 1.43. The molecule has 0 bridgehead atoms. The van der Waals surface area contributed by atoms with Crippen LogP contribution in [0, 0.1) is 10.1 Å². The molecule has 2 aliphatic rings. The number of nitro groups is 1. The van der Waals surface area contributed by atoms with Crippen LogP contribution in [0.5, 0.6) is 0 Å². The largest absolute Gasteiger partial charge is 0.368 e. The molecule has 1 aromatic carbocycles. The molecule has 0 radical (unpaired) electrons. The molecule has 0 spiro atoms. The van der Waals surface area contributed by atoms with E-state index in [0.29, 0.717) is 12.6 Å². The number of nitro benzene ring substituents is 1. The Balaban J connectivity index is 1.71. The van der Waals surface area contributed by atoms with Crippen molar-refractivity contribution in [1.29, 1.82) is 0 Å². The van der Waals surface area contributed by atoms with Crippen LogP contribution in [0.25, 0.3) is 0 Å². The zero-order valence-corrected chi connectivity index (χ0v) is 11.5. The van der Waals surface area contributed by atoms with Gasteiger partial charge in [0.05, 0.1) is 11.5 Å². The van der Waals surface area contributed by atoms with Crippen molar-refractivity contribution >= 4 is 5.69 Å². The topological polar surface area (TPSA) is 67.7 Å². The minimum absolute atomic E-state index is 0.138. The lowest BCUT2D eigenvalue weighted by atomic mass is 9.95. The summed E-state index contributed by atoms with van der Waals surface area (Å²) >= 11 is 0. The Morgan fingerprint density at radius 1 is 1.30 bits per heavy atom. The van der Waals surface area contributed by atoms with Crippen molar-refractivity contribution in [3.8, 4) is 0 Å². The summed E-state index contributed by atoms with van der Waals surface area (Å²) in [6.07, 6.45) is 6.46. The number of epoxide rings is 1. The summed E-state index contributed by atoms with van der Waals surface area (Å²) in [7, 11) is 0. The molecule has 1 N–H and O–H groups in total. The number of hydrogen-bond acceptors (Lipinski definition) is 4. The van der Waals surface area contributed by atoms with Crippen LogP contribution < -0.4 is 5.32 Å². The van der Waals surface area contributed by atoms with Gasteiger partial charge < -0.3 is 10.1 Å². The Morgan fingerprint density at radius 3 is 2.70 bits per heavy atom. The maximum Gasteiger partial charge on any atom is 0.269 e. The molecule has 0 aromatic heterocycles. The molecule has 1 aromatic rings. The molecule has 5 nitrogen and oxygen atoms in total. The maximum absolute atomic E-state index is 10.9. The Bertz CT molecular complexity index is 494. The van der Waals surface area contributed by atoms with Gasteiger partial charge in [0.2, 0.25) is 0 Å². The van der Waals surface area contributed by atoms with Crippen molar-refractivity contribution in [1.82, 2.24) is 5.32 Å². The van der Waals surface area contributed by atoms with Gasteiger partial charge in [0.1, 0.15) is 6.10 Å². The van der Waals surface area contributed by atoms with Crippen LogP contribution in [-0.4, -0.2) is 17.6 Å². The number of hydrogen-bond donors (Lipinski definition) is 1. The molecule has 1 unspecified atom stereocenters. The van der Waals surface area contributed by atoms with E-state index in [2.05, 4.69) is 5.32 Å². The van der Waals surface area contributed by atoms with E-state index in [9.17, 15) is 10.1 Å². The molecule has 1 saturated heterocycles. The van der Waals surface area contributed by atoms with Gasteiger partial charge in [0.15, 0.2) is 0 Å². The fourth-order valence-corrected chi connectivity index (χ4v) is 2.96. The predicted octanol–water partition coefficient (Wildman–Crippen LogP) is 3.09. The lowest BCUT2D eigenvalue weighted by Crippen LogP contribution is -2.30. The highest BCUT2D eigenvalue weighted by atomic mass is 16.6. The van der Waals surface area contributed by atoms with E-state index in [-0.39, 0.29) is 16.7 Å². The van der Waals surface area contributed by atoms with Crippen molar-refractivity contribution in [2.45, 2.75) is 50.8 Å². The summed E-state index contributed by atoms with van der Waals surface area (Å²) in [6, 6.07) is 5.65. The fourth-order valence-electron chi connectivity index (χ4n) is 2.96. The van der Waals surface area contributed by atoms with Crippen molar-refractivity contribution in [3.63, 3.8) is 0 Å². The van der Waals surface area contributed by atoms with Gasteiger partial charge in [-0.15, -0.1) is 0 Å². The highest BCUT2D eigenvalue weighted by molar-refractivity contribution is 5.42. The van der Waals surface area contributed by atoms with Crippen LogP contribution in [0.2, 0.25) is 0 Å². The Labute approximate surface area is 118 Å². The minimum atomic E-state index is -0.332. The molecule has 5 heteroatoms. The van der Waals surface area contributed by atoms with Crippen molar-refractivity contribution < 1.29 is 9.66 Å². The standard InChI is InChI=1S/C15H20N2O3/c18-17(19)13-6-7-14(15-10-20-15)11(8-13)9-16-12-4-2-1-3-5-12/h6-8,12,15-16H,1-5,9-10H2. The fraction of sp³-hybridized carbons (Fsp3) is 0.600. The molecule has 1 aliphatic carbocycles. The lowest BCUT2D eigenvalue weighted by Gasteiger charge is -2.23. The first-order valence-electron chi connectivity index (χ1n) is 7.36. The minimum Gasteiger partial charge on any atom is -0.368 e. The second-order valence-corrected chi connectivity index (χ2v) is 5.68. The summed E-state index contributed by atoms with van der Waals surface area (Å²) in [5.41, 5.74) is 2.26. The number of benzene rings is 1. The maximum atomic E-state index is 10.9. The molecule has 108 valence electrons. The van der Waals surface area contributed by atoms with Gasteiger partial charge in [0.25, 0.3) is 5.69 Å². The number of rotatable bonds is 5. The predicted molar refractivity (Wildman–Crippen MR) is 75.5 cm³/mol. The molecule has 20 heavy (non-hydrogen) atoms. The highest BCUT2D eigenvalue weighted by Gasteiger charge is 2.28. The second-order valence-electron chi connectivity index (χ2n) is 5.68. The number of nitrogens with one attached hydrogen (secondary N) is 1. The van der Waals surface area contributed by atoms with Crippen molar-refractivity contribution in [3.05, 3.63) is 39.4 Å². The van der Waals surface area contributed by atoms with Gasteiger partial charge >= 0.3 is 0 Å². The van der Waals surface area contributed by atoms with E-state index in [0.717, 1.165) is 17.7 Å².